The van der Waals surface area contributed by atoms with Crippen LogP contribution < -0.4 is 33.3 Å². The van der Waals surface area contributed by atoms with E-state index >= 15 is 0 Å². The molecule has 0 radical (unpaired) electrons. The number of para-hydroxylation sites is 3. The zero-order valence-electron chi connectivity index (χ0n) is 15.9. The first kappa shape index (κ1) is 22.4. The van der Waals surface area contributed by atoms with Crippen molar-refractivity contribution < 1.29 is 38.2 Å². The van der Waals surface area contributed by atoms with Crippen molar-refractivity contribution in [2.24, 2.45) is 7.05 Å². The Labute approximate surface area is 171 Å². The zero-order chi connectivity index (χ0) is 21.3. The van der Waals surface area contributed by atoms with E-state index in [0.29, 0.717) is 0 Å². The van der Waals surface area contributed by atoms with Crippen LogP contribution in [0.2, 0.25) is 0 Å². The fourth-order valence-electron chi connectivity index (χ4n) is 2.64. The van der Waals surface area contributed by atoms with Gasteiger partial charge in [-0.15, -0.1) is 10.2 Å². The number of ether oxygens (including phenoxy) is 1. The molecule has 0 bridgehead atoms. The fourth-order valence-corrected chi connectivity index (χ4v) is 2.64. The summed E-state index contributed by atoms with van der Waals surface area (Å²) >= 11 is 0. The number of hydrogen-bond donors (Lipinski definition) is 1. The molecular formula is C21H21ClN2O5. The molecule has 3 rings (SSSR count). The Kier molecular flexibility index (Phi) is 8.14. The van der Waals surface area contributed by atoms with Crippen LogP contribution in [-0.2, 0) is 7.05 Å². The molecule has 0 aliphatic carbocycles. The van der Waals surface area contributed by atoms with E-state index in [0.717, 1.165) is 17.1 Å². The van der Waals surface area contributed by atoms with Crippen molar-refractivity contribution in [2.45, 2.75) is 0 Å². The minimum Gasteiger partial charge on any atom is -0.495 e. The van der Waals surface area contributed by atoms with Gasteiger partial charge in [-0.2, -0.15) is 4.57 Å². The van der Waals surface area contributed by atoms with Crippen LogP contribution in [0.5, 0.6) is 5.75 Å². The summed E-state index contributed by atoms with van der Waals surface area (Å²) in [6.07, 6.45) is 7.98. The monoisotopic (exact) mass is 416 g/mol. The van der Waals surface area contributed by atoms with Gasteiger partial charge in [-0.1, -0.05) is 30.3 Å². The molecule has 152 valence electrons. The maximum Gasteiger partial charge on any atom is 0.212 e. The molecule has 2 aromatic carbocycles. The molecule has 0 fully saturated rings. The maximum absolute atomic E-state index is 8.49. The summed E-state index contributed by atoms with van der Waals surface area (Å²) < 4.78 is 41.5. The molecule has 0 aliphatic rings. The lowest BCUT2D eigenvalue weighted by Crippen LogP contribution is -2.68. The number of nitrogens with one attached hydrogen (secondary N) is 1. The Hall–Kier alpha value is -2.94. The van der Waals surface area contributed by atoms with Crippen molar-refractivity contribution in [1.82, 2.24) is 0 Å². The smallest absolute Gasteiger partial charge is 0.212 e. The van der Waals surface area contributed by atoms with Gasteiger partial charge in [0.2, 0.25) is 11.2 Å². The van der Waals surface area contributed by atoms with Crippen molar-refractivity contribution in [3.05, 3.63) is 84.7 Å². The van der Waals surface area contributed by atoms with Gasteiger partial charge in [0, 0.05) is 29.8 Å². The number of rotatable bonds is 5. The fraction of sp³-hybridized carbons (Fsp3) is 0.0952. The van der Waals surface area contributed by atoms with Gasteiger partial charge in [-0.05, 0) is 30.3 Å². The number of anilines is 1. The Morgan fingerprint density at radius 2 is 1.55 bits per heavy atom. The Morgan fingerprint density at radius 1 is 0.897 bits per heavy atom. The number of halogens is 1. The van der Waals surface area contributed by atoms with Crippen LogP contribution in [0.3, 0.4) is 0 Å². The number of allylic oxidation sites excluding steroid dienone is 2. The van der Waals surface area contributed by atoms with Crippen LogP contribution in [0.1, 0.15) is 5.69 Å². The normalized spacial score (nSPS) is 11.5. The number of aromatic nitrogens is 1. The lowest BCUT2D eigenvalue weighted by Gasteiger charge is -2.17. The molecule has 8 heteroatoms. The quantitative estimate of drug-likeness (QED) is 0.445. The molecule has 1 aromatic heterocycles. The van der Waals surface area contributed by atoms with Gasteiger partial charge >= 0.3 is 0 Å². The summed E-state index contributed by atoms with van der Waals surface area (Å²) in [6, 6.07) is 20.5. The molecule has 0 saturated carbocycles. The summed E-state index contributed by atoms with van der Waals surface area (Å²) in [5.41, 5.74) is 3.31. The van der Waals surface area contributed by atoms with E-state index in [2.05, 4.69) is 59.4 Å². The minimum atomic E-state index is -4.94. The second kappa shape index (κ2) is 10.6. The Bertz CT molecular complexity index is 994. The van der Waals surface area contributed by atoms with Crippen LogP contribution in [0.15, 0.2) is 79.0 Å². The minimum absolute atomic E-state index is 0.826. The number of hydrogen-bond acceptors (Lipinski definition) is 6. The molecule has 0 atom stereocenters. The van der Waals surface area contributed by atoms with Gasteiger partial charge in [0.25, 0.3) is 0 Å². The van der Waals surface area contributed by atoms with E-state index in [4.69, 9.17) is 23.4 Å². The first-order chi connectivity index (χ1) is 13.8. The third kappa shape index (κ3) is 7.53. The first-order valence-corrected chi connectivity index (χ1v) is 9.75. The van der Waals surface area contributed by atoms with Crippen LogP contribution in [-0.4, -0.2) is 7.11 Å². The van der Waals surface area contributed by atoms with E-state index < -0.39 is 10.2 Å². The molecule has 0 saturated heterocycles. The summed E-state index contributed by atoms with van der Waals surface area (Å²) in [5, 5.41) is 4.47. The number of methoxy groups -OCH3 is 1. The lowest BCUT2D eigenvalue weighted by molar-refractivity contribution is -2.00. The molecule has 1 N–H and O–H groups in total. The molecule has 1 heterocycles. The van der Waals surface area contributed by atoms with E-state index in [1.54, 1.807) is 7.11 Å². The number of fused-ring (bicyclic) bond motifs is 1. The van der Waals surface area contributed by atoms with E-state index in [1.807, 2.05) is 42.6 Å². The number of benzene rings is 2. The Balaban J connectivity index is 0.000000537. The average Bonchev–Trinajstić information content (AvgIpc) is 2.68. The number of nitrogens with zero attached hydrogens (tertiary/aromatic N) is 1. The highest BCUT2D eigenvalue weighted by atomic mass is 35.7. The van der Waals surface area contributed by atoms with Gasteiger partial charge in [-0.25, -0.2) is 18.6 Å². The summed E-state index contributed by atoms with van der Waals surface area (Å²) in [5.74, 6) is 0.826. The molecule has 7 nitrogen and oxygen atoms in total. The molecule has 3 aromatic rings. The molecule has 0 aliphatic heterocycles. The van der Waals surface area contributed by atoms with Gasteiger partial charge < -0.3 is 10.1 Å². The second-order valence-corrected chi connectivity index (χ2v) is 6.57. The summed E-state index contributed by atoms with van der Waals surface area (Å²) in [6.45, 7) is 0. The van der Waals surface area contributed by atoms with E-state index in [1.165, 1.54) is 10.9 Å². The van der Waals surface area contributed by atoms with Crippen molar-refractivity contribution in [3.8, 4) is 5.75 Å². The predicted octanol–water partition coefficient (Wildman–Crippen LogP) is -0.444. The highest BCUT2D eigenvalue weighted by molar-refractivity contribution is 5.76. The number of aryl methyl sites for hydroxylation is 1. The van der Waals surface area contributed by atoms with Gasteiger partial charge in [0.05, 0.1) is 12.8 Å². The van der Waals surface area contributed by atoms with Crippen molar-refractivity contribution in [1.29, 1.82) is 0 Å². The lowest BCUT2D eigenvalue weighted by atomic mass is 10.2. The predicted molar refractivity (Wildman–Crippen MR) is 99.9 cm³/mol. The maximum atomic E-state index is 8.49. The van der Waals surface area contributed by atoms with Crippen molar-refractivity contribution in [3.63, 3.8) is 0 Å². The highest BCUT2D eigenvalue weighted by Gasteiger charge is 2.07. The SMILES string of the molecule is COc1ccccc1N/C=C/C=C/c1ccc2ccccc2[n+]1C.[O-][Cl+3]([O-])([O-])[O-]. The van der Waals surface area contributed by atoms with Gasteiger partial charge in [0.1, 0.15) is 12.8 Å². The largest absolute Gasteiger partial charge is 0.495 e. The van der Waals surface area contributed by atoms with E-state index in [-0.39, 0.29) is 0 Å². The van der Waals surface area contributed by atoms with Crippen molar-refractivity contribution >= 4 is 22.7 Å². The van der Waals surface area contributed by atoms with Crippen LogP contribution in [0.25, 0.3) is 17.0 Å². The van der Waals surface area contributed by atoms with Crippen molar-refractivity contribution in [2.75, 3.05) is 12.4 Å². The third-order valence-electron chi connectivity index (χ3n) is 3.94. The standard InChI is InChI=1S/C21H20N2O.ClHO4/c1-23-18(15-14-17-9-3-5-12-20(17)23)10-7-8-16-22-19-11-4-6-13-21(19)24-2;2-1(3,4)5/h3-16H,1-2H3;(H,2,3,4,5). The van der Waals surface area contributed by atoms with Crippen LogP contribution in [0.4, 0.5) is 5.69 Å². The first-order valence-electron chi connectivity index (χ1n) is 8.52. The average molecular weight is 417 g/mol. The van der Waals surface area contributed by atoms with E-state index in [9.17, 15) is 0 Å². The summed E-state index contributed by atoms with van der Waals surface area (Å²) in [4.78, 5) is 0. The summed E-state index contributed by atoms with van der Waals surface area (Å²) in [7, 11) is -1.19. The number of pyridine rings is 1. The third-order valence-corrected chi connectivity index (χ3v) is 3.94. The molecule has 0 amide bonds. The molecule has 29 heavy (non-hydrogen) atoms. The molecule has 0 spiro atoms. The highest BCUT2D eigenvalue weighted by Crippen LogP contribution is 2.22. The van der Waals surface area contributed by atoms with Crippen LogP contribution in [0, 0.1) is 10.2 Å². The topological polar surface area (TPSA) is 117 Å². The van der Waals surface area contributed by atoms with Gasteiger partial charge in [-0.3, -0.25) is 0 Å². The zero-order valence-corrected chi connectivity index (χ0v) is 16.7. The second-order valence-electron chi connectivity index (χ2n) is 5.82. The van der Waals surface area contributed by atoms with Crippen LogP contribution >= 0.6 is 0 Å². The molecular weight excluding hydrogens is 396 g/mol. The molecule has 0 unspecified atom stereocenters. The Morgan fingerprint density at radius 3 is 2.28 bits per heavy atom. The van der Waals surface area contributed by atoms with Gasteiger partial charge in [0.15, 0.2) is 0 Å².